The van der Waals surface area contributed by atoms with Crippen molar-refractivity contribution in [3.05, 3.63) is 35.1 Å². The molecule has 3 nitrogen and oxygen atoms in total. The molecule has 0 aliphatic carbocycles. The standard InChI is InChI=1S/C14H17F3N2O/c1-2-19(10-4-3-5-18-8-10)14(20)9-6-11(15)13(17)12(16)7-9/h6-7,10,18H,2-5,8H2,1H3. The van der Waals surface area contributed by atoms with Crippen molar-refractivity contribution in [1.29, 1.82) is 0 Å². The van der Waals surface area contributed by atoms with Gasteiger partial charge in [-0.3, -0.25) is 4.79 Å². The number of piperidine rings is 1. The molecule has 1 N–H and O–H groups in total. The number of hydrogen-bond donors (Lipinski definition) is 1. The fourth-order valence-electron chi connectivity index (χ4n) is 2.51. The lowest BCUT2D eigenvalue weighted by Gasteiger charge is -2.34. The SMILES string of the molecule is CCN(C(=O)c1cc(F)c(F)c(F)c1)C1CCCNC1. The molecule has 1 aromatic rings. The number of nitrogens with zero attached hydrogens (tertiary/aromatic N) is 1. The minimum atomic E-state index is -1.55. The molecule has 1 aliphatic rings. The Morgan fingerprint density at radius 1 is 1.35 bits per heavy atom. The average Bonchev–Trinajstić information content (AvgIpc) is 2.46. The monoisotopic (exact) mass is 286 g/mol. The minimum absolute atomic E-state index is 0.00238. The second-order valence-electron chi connectivity index (χ2n) is 4.85. The number of hydrogen-bond acceptors (Lipinski definition) is 2. The summed E-state index contributed by atoms with van der Waals surface area (Å²) in [6.07, 6.45) is 1.79. The van der Waals surface area contributed by atoms with E-state index in [-0.39, 0.29) is 11.6 Å². The van der Waals surface area contributed by atoms with E-state index in [1.807, 2.05) is 6.92 Å². The summed E-state index contributed by atoms with van der Waals surface area (Å²) in [5.41, 5.74) is -0.158. The molecule has 1 unspecified atom stereocenters. The fourth-order valence-corrected chi connectivity index (χ4v) is 2.51. The largest absolute Gasteiger partial charge is 0.335 e. The second kappa shape index (κ2) is 6.26. The number of nitrogens with one attached hydrogen (secondary N) is 1. The Morgan fingerprint density at radius 3 is 2.50 bits per heavy atom. The number of halogens is 3. The molecular formula is C14H17F3N2O. The van der Waals surface area contributed by atoms with Gasteiger partial charge in [0.15, 0.2) is 17.5 Å². The first-order chi connectivity index (χ1) is 9.54. The maximum absolute atomic E-state index is 13.2. The predicted octanol–water partition coefficient (Wildman–Crippen LogP) is 2.32. The highest BCUT2D eigenvalue weighted by Crippen LogP contribution is 2.18. The second-order valence-corrected chi connectivity index (χ2v) is 4.85. The molecule has 0 bridgehead atoms. The van der Waals surface area contributed by atoms with E-state index in [1.54, 1.807) is 4.90 Å². The smallest absolute Gasteiger partial charge is 0.254 e. The van der Waals surface area contributed by atoms with Crippen LogP contribution in [-0.4, -0.2) is 36.5 Å². The first-order valence-corrected chi connectivity index (χ1v) is 6.70. The van der Waals surface area contributed by atoms with Gasteiger partial charge in [0.25, 0.3) is 5.91 Å². The predicted molar refractivity (Wildman–Crippen MR) is 68.9 cm³/mol. The Kier molecular flexibility index (Phi) is 4.65. The topological polar surface area (TPSA) is 32.3 Å². The zero-order chi connectivity index (χ0) is 14.7. The van der Waals surface area contributed by atoms with Crippen LogP contribution in [0.15, 0.2) is 12.1 Å². The van der Waals surface area contributed by atoms with Crippen molar-refractivity contribution in [1.82, 2.24) is 10.2 Å². The molecule has 1 amide bonds. The van der Waals surface area contributed by atoms with E-state index >= 15 is 0 Å². The van der Waals surface area contributed by atoms with Gasteiger partial charge in [-0.15, -0.1) is 0 Å². The molecule has 1 fully saturated rings. The van der Waals surface area contributed by atoms with Gasteiger partial charge in [-0.25, -0.2) is 13.2 Å². The van der Waals surface area contributed by atoms with Gasteiger partial charge in [0, 0.05) is 24.7 Å². The molecule has 0 spiro atoms. The fraction of sp³-hybridized carbons (Fsp3) is 0.500. The Balaban J connectivity index is 2.24. The molecule has 1 aliphatic heterocycles. The minimum Gasteiger partial charge on any atom is -0.335 e. The lowest BCUT2D eigenvalue weighted by molar-refractivity contribution is 0.0661. The molecule has 0 aromatic heterocycles. The van der Waals surface area contributed by atoms with Gasteiger partial charge >= 0.3 is 0 Å². The normalized spacial score (nSPS) is 18.9. The van der Waals surface area contributed by atoms with Gasteiger partial charge in [0.1, 0.15) is 0 Å². The van der Waals surface area contributed by atoms with Crippen molar-refractivity contribution >= 4 is 5.91 Å². The number of amides is 1. The average molecular weight is 286 g/mol. The summed E-state index contributed by atoms with van der Waals surface area (Å²) in [5.74, 6) is -4.71. The van der Waals surface area contributed by atoms with Crippen LogP contribution in [0.2, 0.25) is 0 Å². The van der Waals surface area contributed by atoms with Crippen LogP contribution < -0.4 is 5.32 Å². The van der Waals surface area contributed by atoms with Crippen molar-refractivity contribution in [3.63, 3.8) is 0 Å². The zero-order valence-electron chi connectivity index (χ0n) is 11.3. The third-order valence-corrected chi connectivity index (χ3v) is 3.54. The zero-order valence-corrected chi connectivity index (χ0v) is 11.3. The van der Waals surface area contributed by atoms with E-state index in [0.717, 1.165) is 31.5 Å². The number of carbonyl (C=O) groups excluding carboxylic acids is 1. The van der Waals surface area contributed by atoms with Crippen LogP contribution in [0, 0.1) is 17.5 Å². The van der Waals surface area contributed by atoms with Crippen LogP contribution >= 0.6 is 0 Å². The van der Waals surface area contributed by atoms with Gasteiger partial charge in [-0.05, 0) is 38.4 Å². The third kappa shape index (κ3) is 2.95. The van der Waals surface area contributed by atoms with E-state index in [0.29, 0.717) is 13.1 Å². The van der Waals surface area contributed by atoms with E-state index in [1.165, 1.54) is 0 Å². The third-order valence-electron chi connectivity index (χ3n) is 3.54. The van der Waals surface area contributed by atoms with Crippen LogP contribution in [0.4, 0.5) is 13.2 Å². The van der Waals surface area contributed by atoms with Crippen molar-refractivity contribution < 1.29 is 18.0 Å². The number of benzene rings is 1. The lowest BCUT2D eigenvalue weighted by atomic mass is 10.0. The Morgan fingerprint density at radius 2 is 2.00 bits per heavy atom. The molecular weight excluding hydrogens is 269 g/mol. The Hall–Kier alpha value is -1.56. The Labute approximate surface area is 115 Å². The van der Waals surface area contributed by atoms with E-state index in [9.17, 15) is 18.0 Å². The lowest BCUT2D eigenvalue weighted by Crippen LogP contribution is -2.48. The molecule has 1 atom stereocenters. The first-order valence-electron chi connectivity index (χ1n) is 6.70. The van der Waals surface area contributed by atoms with E-state index in [2.05, 4.69) is 5.32 Å². The summed E-state index contributed by atoms with van der Waals surface area (Å²) in [5, 5.41) is 3.19. The van der Waals surface area contributed by atoms with Crippen LogP contribution in [-0.2, 0) is 0 Å². The summed E-state index contributed by atoms with van der Waals surface area (Å²) >= 11 is 0. The van der Waals surface area contributed by atoms with Crippen LogP contribution in [0.1, 0.15) is 30.1 Å². The highest BCUT2D eigenvalue weighted by Gasteiger charge is 2.26. The molecule has 110 valence electrons. The molecule has 2 rings (SSSR count). The van der Waals surface area contributed by atoms with E-state index < -0.39 is 23.4 Å². The Bertz CT molecular complexity index is 478. The maximum Gasteiger partial charge on any atom is 0.254 e. The molecule has 0 saturated carbocycles. The van der Waals surface area contributed by atoms with Gasteiger partial charge < -0.3 is 10.2 Å². The molecule has 0 radical (unpaired) electrons. The highest BCUT2D eigenvalue weighted by atomic mass is 19.2. The molecule has 1 saturated heterocycles. The first kappa shape index (κ1) is 14.8. The van der Waals surface area contributed by atoms with Gasteiger partial charge in [0.2, 0.25) is 0 Å². The maximum atomic E-state index is 13.2. The molecule has 1 heterocycles. The van der Waals surface area contributed by atoms with Crippen molar-refractivity contribution in [2.45, 2.75) is 25.8 Å². The summed E-state index contributed by atoms with van der Waals surface area (Å²) in [4.78, 5) is 13.9. The molecule has 6 heteroatoms. The van der Waals surface area contributed by atoms with Crippen molar-refractivity contribution in [3.8, 4) is 0 Å². The number of likely N-dealkylation sites (N-methyl/N-ethyl adjacent to an activating group) is 1. The molecule has 20 heavy (non-hydrogen) atoms. The van der Waals surface area contributed by atoms with E-state index in [4.69, 9.17) is 0 Å². The number of rotatable bonds is 3. The quantitative estimate of drug-likeness (QED) is 0.865. The van der Waals surface area contributed by atoms with Gasteiger partial charge in [-0.1, -0.05) is 0 Å². The molecule has 1 aromatic carbocycles. The summed E-state index contributed by atoms with van der Waals surface area (Å²) in [6.45, 7) is 3.81. The van der Waals surface area contributed by atoms with Gasteiger partial charge in [-0.2, -0.15) is 0 Å². The van der Waals surface area contributed by atoms with Crippen LogP contribution in [0.25, 0.3) is 0 Å². The summed E-state index contributed by atoms with van der Waals surface area (Å²) in [6, 6.07) is 1.50. The van der Waals surface area contributed by atoms with Crippen molar-refractivity contribution in [2.24, 2.45) is 0 Å². The van der Waals surface area contributed by atoms with Crippen LogP contribution in [0.3, 0.4) is 0 Å². The highest BCUT2D eigenvalue weighted by molar-refractivity contribution is 5.94. The van der Waals surface area contributed by atoms with Crippen molar-refractivity contribution in [2.75, 3.05) is 19.6 Å². The summed E-state index contributed by atoms with van der Waals surface area (Å²) < 4.78 is 39.4. The van der Waals surface area contributed by atoms with Crippen LogP contribution in [0.5, 0.6) is 0 Å². The number of carbonyl (C=O) groups is 1. The summed E-state index contributed by atoms with van der Waals surface area (Å²) in [7, 11) is 0. The van der Waals surface area contributed by atoms with Gasteiger partial charge in [0.05, 0.1) is 0 Å².